The number of carbonyl (C=O) groups excluding carboxylic acids is 2. The van der Waals surface area contributed by atoms with Gasteiger partial charge in [-0.2, -0.15) is 5.26 Å². The molecule has 1 aliphatic carbocycles. The largest absolute Gasteiger partial charge is 0.357 e. The molecule has 146 valence electrons. The molecule has 29 heavy (non-hydrogen) atoms. The number of hydrogen-bond acceptors (Lipinski definition) is 4. The van der Waals surface area contributed by atoms with Crippen molar-refractivity contribution in [3.05, 3.63) is 70.9 Å². The van der Waals surface area contributed by atoms with Crippen molar-refractivity contribution in [2.24, 2.45) is 5.41 Å². The van der Waals surface area contributed by atoms with E-state index >= 15 is 0 Å². The molecule has 1 N–H and O–H groups in total. The summed E-state index contributed by atoms with van der Waals surface area (Å²) in [6, 6.07) is 16.4. The number of allylic oxidation sites excluding steroid dienone is 1. The van der Waals surface area contributed by atoms with Crippen LogP contribution in [0.2, 0.25) is 0 Å². The summed E-state index contributed by atoms with van der Waals surface area (Å²) in [6.45, 7) is 5.70. The Kier molecular flexibility index (Phi) is 4.50. The molecule has 5 heteroatoms. The Morgan fingerprint density at radius 2 is 1.83 bits per heavy atom. The maximum Gasteiger partial charge on any atom is 0.224 e. The topological polar surface area (TPSA) is 73.2 Å². The third kappa shape index (κ3) is 3.31. The van der Waals surface area contributed by atoms with Gasteiger partial charge < -0.3 is 5.32 Å². The van der Waals surface area contributed by atoms with E-state index in [4.69, 9.17) is 5.26 Å². The van der Waals surface area contributed by atoms with Crippen LogP contribution < -0.4 is 10.2 Å². The van der Waals surface area contributed by atoms with Gasteiger partial charge in [0.25, 0.3) is 0 Å². The molecule has 5 nitrogen and oxygen atoms in total. The molecular formula is C24H23N3O2. The Balaban J connectivity index is 1.99. The molecule has 0 saturated carbocycles. The van der Waals surface area contributed by atoms with Gasteiger partial charge in [0.1, 0.15) is 0 Å². The Morgan fingerprint density at radius 3 is 2.48 bits per heavy atom. The lowest BCUT2D eigenvalue weighted by Gasteiger charge is -2.36. The molecule has 1 atom stereocenters. The zero-order valence-corrected chi connectivity index (χ0v) is 16.8. The number of rotatable bonds is 1. The Morgan fingerprint density at radius 1 is 1.14 bits per heavy atom. The zero-order chi connectivity index (χ0) is 20.8. The first-order valence-electron chi connectivity index (χ1n) is 9.73. The molecule has 2 aromatic carbocycles. The van der Waals surface area contributed by atoms with Crippen molar-refractivity contribution in [1.29, 1.82) is 5.26 Å². The summed E-state index contributed by atoms with van der Waals surface area (Å²) in [5, 5.41) is 12.6. The van der Waals surface area contributed by atoms with Crippen molar-refractivity contribution in [2.75, 3.05) is 10.2 Å². The standard InChI is InChI=1S/C24H23N3O2/c1-15(28)27-20-7-5-4-6-18(20)26-19-12-24(2,3)13-21(29)22(19)23(27)17-10-8-16(14-25)9-11-17/h4-11,23,26H,12-13H2,1-3H3/t23-/m1/s1. The Labute approximate surface area is 170 Å². The lowest BCUT2D eigenvalue weighted by molar-refractivity contribution is -0.118. The second kappa shape index (κ2) is 6.89. The van der Waals surface area contributed by atoms with E-state index in [1.54, 1.807) is 17.0 Å². The number of anilines is 2. The van der Waals surface area contributed by atoms with E-state index in [-0.39, 0.29) is 17.1 Å². The average Bonchev–Trinajstić information content (AvgIpc) is 2.81. The highest BCUT2D eigenvalue weighted by molar-refractivity contribution is 6.05. The first-order valence-corrected chi connectivity index (χ1v) is 9.73. The van der Waals surface area contributed by atoms with Gasteiger partial charge in [0, 0.05) is 24.6 Å². The monoisotopic (exact) mass is 385 g/mol. The van der Waals surface area contributed by atoms with E-state index in [2.05, 4.69) is 25.2 Å². The lowest BCUT2D eigenvalue weighted by Crippen LogP contribution is -2.38. The fourth-order valence-corrected chi connectivity index (χ4v) is 4.39. The second-order valence-electron chi connectivity index (χ2n) is 8.50. The van der Waals surface area contributed by atoms with Crippen LogP contribution in [-0.4, -0.2) is 11.7 Å². The number of para-hydroxylation sites is 2. The maximum atomic E-state index is 13.3. The van der Waals surface area contributed by atoms with Crippen LogP contribution in [0.15, 0.2) is 59.8 Å². The predicted octanol–water partition coefficient (Wildman–Crippen LogP) is 4.72. The fraction of sp³-hybridized carbons (Fsp3) is 0.292. The number of benzene rings is 2. The molecule has 0 fully saturated rings. The summed E-state index contributed by atoms with van der Waals surface area (Å²) in [5.41, 5.74) is 4.28. The lowest BCUT2D eigenvalue weighted by atomic mass is 9.73. The number of Topliss-reactive ketones (excluding diaryl/α,β-unsaturated/α-hetero) is 1. The van der Waals surface area contributed by atoms with Crippen LogP contribution in [0, 0.1) is 16.7 Å². The van der Waals surface area contributed by atoms with Gasteiger partial charge in [0.05, 0.1) is 29.0 Å². The zero-order valence-electron chi connectivity index (χ0n) is 16.8. The second-order valence-corrected chi connectivity index (χ2v) is 8.50. The summed E-state index contributed by atoms with van der Waals surface area (Å²) >= 11 is 0. The van der Waals surface area contributed by atoms with E-state index < -0.39 is 6.04 Å². The molecular weight excluding hydrogens is 362 g/mol. The summed E-state index contributed by atoms with van der Waals surface area (Å²) in [7, 11) is 0. The van der Waals surface area contributed by atoms with E-state index in [1.807, 2.05) is 36.4 Å². The minimum atomic E-state index is -0.532. The number of nitrogens with zero attached hydrogens (tertiary/aromatic N) is 2. The summed E-state index contributed by atoms with van der Waals surface area (Å²) in [5.74, 6) is -0.0860. The summed E-state index contributed by atoms with van der Waals surface area (Å²) in [6.07, 6.45) is 1.16. The van der Waals surface area contributed by atoms with Gasteiger partial charge in [0.2, 0.25) is 5.91 Å². The smallest absolute Gasteiger partial charge is 0.224 e. The van der Waals surface area contributed by atoms with Crippen LogP contribution in [0.3, 0.4) is 0 Å². The molecule has 0 radical (unpaired) electrons. The quantitative estimate of drug-likeness (QED) is 0.771. The molecule has 1 aliphatic heterocycles. The molecule has 0 bridgehead atoms. The van der Waals surface area contributed by atoms with Crippen LogP contribution in [0.1, 0.15) is 50.8 Å². The number of nitriles is 1. The van der Waals surface area contributed by atoms with Crippen LogP contribution in [0.4, 0.5) is 11.4 Å². The Bertz CT molecular complexity index is 1070. The highest BCUT2D eigenvalue weighted by atomic mass is 16.2. The number of hydrogen-bond donors (Lipinski definition) is 1. The molecule has 4 rings (SSSR count). The Hall–Kier alpha value is -3.39. The van der Waals surface area contributed by atoms with Crippen molar-refractivity contribution >= 4 is 23.1 Å². The molecule has 1 amide bonds. The van der Waals surface area contributed by atoms with Crippen molar-refractivity contribution < 1.29 is 9.59 Å². The van der Waals surface area contributed by atoms with Gasteiger partial charge >= 0.3 is 0 Å². The van der Waals surface area contributed by atoms with Gasteiger partial charge in [-0.25, -0.2) is 0 Å². The van der Waals surface area contributed by atoms with E-state index in [1.165, 1.54) is 6.92 Å². The number of carbonyl (C=O) groups is 2. The summed E-state index contributed by atoms with van der Waals surface area (Å²) in [4.78, 5) is 27.9. The van der Waals surface area contributed by atoms with Crippen molar-refractivity contribution in [3.8, 4) is 6.07 Å². The minimum absolute atomic E-state index is 0.0529. The predicted molar refractivity (Wildman–Crippen MR) is 112 cm³/mol. The first-order chi connectivity index (χ1) is 13.8. The highest BCUT2D eigenvalue weighted by Gasteiger charge is 2.42. The average molecular weight is 385 g/mol. The van der Waals surface area contributed by atoms with Gasteiger partial charge in [-0.1, -0.05) is 38.1 Å². The van der Waals surface area contributed by atoms with Gasteiger partial charge in [-0.3, -0.25) is 14.5 Å². The molecule has 2 aromatic rings. The van der Waals surface area contributed by atoms with Crippen molar-refractivity contribution in [3.63, 3.8) is 0 Å². The van der Waals surface area contributed by atoms with Crippen molar-refractivity contribution in [2.45, 2.75) is 39.7 Å². The van der Waals surface area contributed by atoms with E-state index in [9.17, 15) is 9.59 Å². The number of amides is 1. The molecule has 0 saturated heterocycles. The van der Waals surface area contributed by atoms with Gasteiger partial charge in [-0.15, -0.1) is 0 Å². The van der Waals surface area contributed by atoms with E-state index in [0.717, 1.165) is 29.1 Å². The summed E-state index contributed by atoms with van der Waals surface area (Å²) < 4.78 is 0. The number of ketones is 1. The van der Waals surface area contributed by atoms with E-state index in [0.29, 0.717) is 17.6 Å². The molecule has 0 unspecified atom stereocenters. The van der Waals surface area contributed by atoms with Crippen molar-refractivity contribution in [1.82, 2.24) is 0 Å². The van der Waals surface area contributed by atoms with Crippen LogP contribution in [-0.2, 0) is 9.59 Å². The molecule has 0 spiro atoms. The fourth-order valence-electron chi connectivity index (χ4n) is 4.39. The molecule has 2 aliphatic rings. The molecule has 1 heterocycles. The highest BCUT2D eigenvalue weighted by Crippen LogP contribution is 2.48. The molecule has 0 aromatic heterocycles. The SMILES string of the molecule is CC(=O)N1c2ccccc2NC2=C(C(=O)CC(C)(C)C2)[C@H]1c1ccc(C#N)cc1. The van der Waals surface area contributed by atoms with Crippen LogP contribution in [0.5, 0.6) is 0 Å². The van der Waals surface area contributed by atoms with Crippen LogP contribution in [0.25, 0.3) is 0 Å². The van der Waals surface area contributed by atoms with Gasteiger partial charge in [-0.05, 0) is 41.7 Å². The third-order valence-corrected chi connectivity index (χ3v) is 5.60. The van der Waals surface area contributed by atoms with Crippen LogP contribution >= 0.6 is 0 Å². The number of nitrogens with one attached hydrogen (secondary N) is 1. The van der Waals surface area contributed by atoms with Gasteiger partial charge in [0.15, 0.2) is 5.78 Å². The maximum absolute atomic E-state index is 13.3. The third-order valence-electron chi connectivity index (χ3n) is 5.60. The first kappa shape index (κ1) is 18.9. The normalized spacial score (nSPS) is 20.1. The number of fused-ring (bicyclic) bond motifs is 1. The minimum Gasteiger partial charge on any atom is -0.357 e.